The highest BCUT2D eigenvalue weighted by molar-refractivity contribution is 6.31. The lowest BCUT2D eigenvalue weighted by Crippen LogP contribution is -2.09. The van der Waals surface area contributed by atoms with Gasteiger partial charge >= 0.3 is 5.97 Å². The molecule has 0 fully saturated rings. The highest BCUT2D eigenvalue weighted by atomic mass is 35.5. The predicted molar refractivity (Wildman–Crippen MR) is 88.7 cm³/mol. The van der Waals surface area contributed by atoms with Gasteiger partial charge in [0.1, 0.15) is 0 Å². The summed E-state index contributed by atoms with van der Waals surface area (Å²) >= 11 is 6.20. The lowest BCUT2D eigenvalue weighted by atomic mass is 9.93. The number of halogens is 2. The summed E-state index contributed by atoms with van der Waals surface area (Å²) in [5.74, 6) is -0.465. The molecule has 0 heterocycles. The Balaban J connectivity index is 2.56. The van der Waals surface area contributed by atoms with Crippen molar-refractivity contribution in [3.05, 3.63) is 58.1 Å². The summed E-state index contributed by atoms with van der Waals surface area (Å²) in [6.45, 7) is -0.540. The zero-order valence-electron chi connectivity index (χ0n) is 12.8. The van der Waals surface area contributed by atoms with Gasteiger partial charge in [0.2, 0.25) is 0 Å². The van der Waals surface area contributed by atoms with E-state index < -0.39 is 12.6 Å². The Bertz CT molecular complexity index is 701. The largest absolute Gasteiger partial charge is 0.465 e. The molecule has 0 bridgehead atoms. The van der Waals surface area contributed by atoms with Crippen LogP contribution in [0.2, 0.25) is 5.02 Å². The van der Waals surface area contributed by atoms with Gasteiger partial charge in [-0.25, -0.2) is 4.79 Å². The molecule has 0 radical (unpaired) electrons. The quantitative estimate of drug-likeness (QED) is 0.815. The maximum Gasteiger partial charge on any atom is 0.338 e. The maximum absolute atomic E-state index is 12.5. The van der Waals surface area contributed by atoms with Crippen molar-refractivity contribution < 1.29 is 19.0 Å². The number of hydrogen-bond donors (Lipinski definition) is 1. The fourth-order valence-corrected chi connectivity index (χ4v) is 2.81. The summed E-state index contributed by atoms with van der Waals surface area (Å²) in [7, 11) is 1.32. The number of alkyl halides is 1. The molecule has 23 heavy (non-hydrogen) atoms. The number of esters is 1. The molecule has 0 aliphatic heterocycles. The van der Waals surface area contributed by atoms with E-state index in [-0.39, 0.29) is 13.0 Å². The minimum absolute atomic E-state index is 0.0658. The van der Waals surface area contributed by atoms with Crippen LogP contribution in [-0.4, -0.2) is 31.5 Å². The molecule has 2 aromatic rings. The second kappa shape index (κ2) is 8.09. The molecular weight excluding hydrogens is 319 g/mol. The highest BCUT2D eigenvalue weighted by Gasteiger charge is 2.18. The van der Waals surface area contributed by atoms with E-state index in [2.05, 4.69) is 0 Å². The first kappa shape index (κ1) is 17.4. The molecule has 0 atom stereocenters. The number of ether oxygens (including phenoxy) is 1. The number of methoxy groups -OCH3 is 1. The molecular formula is C18H18ClFO3. The van der Waals surface area contributed by atoms with Crippen LogP contribution in [0.4, 0.5) is 4.39 Å². The van der Waals surface area contributed by atoms with Gasteiger partial charge in [-0.1, -0.05) is 41.9 Å². The minimum atomic E-state index is -0.474. The molecule has 0 unspecified atom stereocenters. The predicted octanol–water partition coefficient (Wildman–Crippen LogP) is 3.84. The number of carbonyl (C=O) groups excluding carboxylic acids is 1. The van der Waals surface area contributed by atoms with Gasteiger partial charge in [-0.15, -0.1) is 0 Å². The molecule has 0 amide bonds. The van der Waals surface area contributed by atoms with Crippen molar-refractivity contribution in [1.82, 2.24) is 0 Å². The standard InChI is InChI=1S/C18H18ClFO3/c1-23-18(22)17-13(8-10-21)3-2-4-15(17)14-6-5-12(7-9-20)16(19)11-14/h2-6,11,21H,7-10H2,1H3. The summed E-state index contributed by atoms with van der Waals surface area (Å²) in [5.41, 5.74) is 3.28. The Kier molecular flexibility index (Phi) is 6.13. The molecule has 0 saturated carbocycles. The normalized spacial score (nSPS) is 10.6. The van der Waals surface area contributed by atoms with Gasteiger partial charge in [-0.05, 0) is 34.7 Å². The lowest BCUT2D eigenvalue weighted by molar-refractivity contribution is 0.0600. The van der Waals surface area contributed by atoms with Gasteiger partial charge in [0.15, 0.2) is 0 Å². The third-order valence-electron chi connectivity index (χ3n) is 3.65. The van der Waals surface area contributed by atoms with Crippen molar-refractivity contribution >= 4 is 17.6 Å². The molecule has 0 spiro atoms. The first-order valence-electron chi connectivity index (χ1n) is 7.28. The maximum atomic E-state index is 12.5. The number of benzene rings is 2. The van der Waals surface area contributed by atoms with E-state index in [0.29, 0.717) is 28.1 Å². The molecule has 5 heteroatoms. The fraction of sp³-hybridized carbons (Fsp3) is 0.278. The van der Waals surface area contributed by atoms with Crippen LogP contribution in [0.3, 0.4) is 0 Å². The highest BCUT2D eigenvalue weighted by Crippen LogP contribution is 2.31. The first-order valence-corrected chi connectivity index (χ1v) is 7.66. The van der Waals surface area contributed by atoms with E-state index in [4.69, 9.17) is 16.3 Å². The SMILES string of the molecule is COC(=O)c1c(CCO)cccc1-c1ccc(CCF)c(Cl)c1. The van der Waals surface area contributed by atoms with Crippen molar-refractivity contribution in [3.8, 4) is 11.1 Å². The monoisotopic (exact) mass is 336 g/mol. The molecule has 1 N–H and O–H groups in total. The Hall–Kier alpha value is -1.91. The zero-order valence-corrected chi connectivity index (χ0v) is 13.6. The molecule has 0 aliphatic rings. The summed E-state index contributed by atoms with van der Waals surface area (Å²) < 4.78 is 17.4. The molecule has 122 valence electrons. The van der Waals surface area contributed by atoms with Crippen LogP contribution in [0.1, 0.15) is 21.5 Å². The number of aliphatic hydroxyl groups excluding tert-OH is 1. The molecule has 0 saturated heterocycles. The van der Waals surface area contributed by atoms with Crippen LogP contribution in [-0.2, 0) is 17.6 Å². The zero-order chi connectivity index (χ0) is 16.8. The van der Waals surface area contributed by atoms with Gasteiger partial charge in [-0.2, -0.15) is 0 Å². The smallest absolute Gasteiger partial charge is 0.338 e. The molecule has 0 aromatic heterocycles. The third-order valence-corrected chi connectivity index (χ3v) is 4.00. The Morgan fingerprint density at radius 2 is 2.00 bits per heavy atom. The average molecular weight is 337 g/mol. The number of rotatable bonds is 6. The summed E-state index contributed by atoms with van der Waals surface area (Å²) in [6, 6.07) is 10.7. The van der Waals surface area contributed by atoms with E-state index in [1.807, 2.05) is 6.07 Å². The summed E-state index contributed by atoms with van der Waals surface area (Å²) in [4.78, 5) is 12.2. The van der Waals surface area contributed by atoms with Gasteiger partial charge in [0.25, 0.3) is 0 Å². The van der Waals surface area contributed by atoms with Crippen LogP contribution >= 0.6 is 11.6 Å². The third kappa shape index (κ3) is 3.89. The van der Waals surface area contributed by atoms with Gasteiger partial charge in [-0.3, -0.25) is 4.39 Å². The minimum Gasteiger partial charge on any atom is -0.465 e. The van der Waals surface area contributed by atoms with Gasteiger partial charge in [0, 0.05) is 18.1 Å². The lowest BCUT2D eigenvalue weighted by Gasteiger charge is -2.14. The molecule has 3 nitrogen and oxygen atoms in total. The van der Waals surface area contributed by atoms with Crippen molar-refractivity contribution in [2.45, 2.75) is 12.8 Å². The van der Waals surface area contributed by atoms with Crippen LogP contribution < -0.4 is 0 Å². The summed E-state index contributed by atoms with van der Waals surface area (Å²) in [6.07, 6.45) is 0.611. The van der Waals surface area contributed by atoms with E-state index in [9.17, 15) is 14.3 Å². The fourth-order valence-electron chi connectivity index (χ4n) is 2.53. The number of aliphatic hydroxyl groups is 1. The first-order chi connectivity index (χ1) is 11.1. The van der Waals surface area contributed by atoms with Crippen molar-refractivity contribution in [1.29, 1.82) is 0 Å². The molecule has 2 rings (SSSR count). The number of carbonyl (C=O) groups is 1. The van der Waals surface area contributed by atoms with E-state index >= 15 is 0 Å². The topological polar surface area (TPSA) is 46.5 Å². The number of aryl methyl sites for hydroxylation is 1. The second-order valence-electron chi connectivity index (χ2n) is 5.05. The van der Waals surface area contributed by atoms with Crippen LogP contribution in [0.15, 0.2) is 36.4 Å². The molecule has 0 aliphatic carbocycles. The van der Waals surface area contributed by atoms with Crippen molar-refractivity contribution in [2.75, 3.05) is 20.4 Å². The Morgan fingerprint density at radius 3 is 2.61 bits per heavy atom. The second-order valence-corrected chi connectivity index (χ2v) is 5.46. The van der Waals surface area contributed by atoms with E-state index in [0.717, 1.165) is 11.1 Å². The van der Waals surface area contributed by atoms with E-state index in [1.54, 1.807) is 30.3 Å². The van der Waals surface area contributed by atoms with Crippen LogP contribution in [0, 0.1) is 0 Å². The average Bonchev–Trinajstić information content (AvgIpc) is 2.56. The number of hydrogen-bond acceptors (Lipinski definition) is 3. The van der Waals surface area contributed by atoms with Gasteiger partial charge < -0.3 is 9.84 Å². The van der Waals surface area contributed by atoms with Crippen molar-refractivity contribution in [2.24, 2.45) is 0 Å². The van der Waals surface area contributed by atoms with Gasteiger partial charge in [0.05, 0.1) is 19.3 Å². The Labute approximate surface area is 139 Å². The van der Waals surface area contributed by atoms with Crippen LogP contribution in [0.5, 0.6) is 0 Å². The van der Waals surface area contributed by atoms with Crippen LogP contribution in [0.25, 0.3) is 11.1 Å². The Morgan fingerprint density at radius 1 is 1.22 bits per heavy atom. The molecule has 2 aromatic carbocycles. The van der Waals surface area contributed by atoms with Crippen molar-refractivity contribution in [3.63, 3.8) is 0 Å². The summed E-state index contributed by atoms with van der Waals surface area (Å²) in [5, 5.41) is 9.65. The van der Waals surface area contributed by atoms with E-state index in [1.165, 1.54) is 7.11 Å².